The van der Waals surface area contributed by atoms with Crippen molar-refractivity contribution in [2.45, 2.75) is 38.2 Å². The van der Waals surface area contributed by atoms with Gasteiger partial charge in [-0.1, -0.05) is 6.92 Å². The third-order valence-electron chi connectivity index (χ3n) is 2.55. The smallest absolute Gasteiger partial charge is 0.312 e. The molecule has 4 heteroatoms. The predicted octanol–water partition coefficient (Wildman–Crippen LogP) is 0.994. The number of ether oxygens (including phenoxy) is 1. The summed E-state index contributed by atoms with van der Waals surface area (Å²) in [6.45, 7) is 2.26. The molecule has 0 saturated heterocycles. The van der Waals surface area contributed by atoms with Gasteiger partial charge < -0.3 is 9.84 Å². The van der Waals surface area contributed by atoms with Crippen LogP contribution >= 0.6 is 0 Å². The number of esters is 1. The number of nitrogens with zero attached hydrogens (tertiary/aromatic N) is 1. The van der Waals surface area contributed by atoms with Crippen LogP contribution in [0.25, 0.3) is 0 Å². The van der Waals surface area contributed by atoms with Gasteiger partial charge in [0.05, 0.1) is 18.6 Å². The van der Waals surface area contributed by atoms with E-state index in [1.54, 1.807) is 6.07 Å². The number of carbonyl (C=O) groups is 1. The largest absolute Gasteiger partial charge is 0.465 e. The molecule has 1 N–H and O–H groups in total. The van der Waals surface area contributed by atoms with E-state index in [0.29, 0.717) is 25.9 Å². The summed E-state index contributed by atoms with van der Waals surface area (Å²) in [6.07, 6.45) is 2.38. The Labute approximate surface area is 83.5 Å². The molecule has 0 aromatic rings. The van der Waals surface area contributed by atoms with Crippen LogP contribution in [-0.2, 0) is 9.53 Å². The maximum Gasteiger partial charge on any atom is 0.312 e. The average molecular weight is 197 g/mol. The van der Waals surface area contributed by atoms with E-state index in [9.17, 15) is 9.90 Å². The summed E-state index contributed by atoms with van der Waals surface area (Å²) in [5.74, 6) is -1.09. The summed E-state index contributed by atoms with van der Waals surface area (Å²) >= 11 is 0. The minimum absolute atomic E-state index is 0.358. The second-order valence-corrected chi connectivity index (χ2v) is 3.65. The zero-order valence-corrected chi connectivity index (χ0v) is 8.32. The van der Waals surface area contributed by atoms with Crippen molar-refractivity contribution < 1.29 is 14.6 Å². The first-order valence-corrected chi connectivity index (χ1v) is 4.94. The first-order chi connectivity index (χ1) is 6.64. The molecule has 4 nitrogen and oxygen atoms in total. The number of hydrogen-bond acceptors (Lipinski definition) is 4. The molecule has 0 unspecified atom stereocenters. The number of carbonyl (C=O) groups excluding carboxylic acids is 1. The van der Waals surface area contributed by atoms with Gasteiger partial charge in [-0.25, -0.2) is 0 Å². The summed E-state index contributed by atoms with van der Waals surface area (Å²) in [5, 5.41) is 18.5. The van der Waals surface area contributed by atoms with Crippen LogP contribution in [-0.4, -0.2) is 23.3 Å². The van der Waals surface area contributed by atoms with Crippen LogP contribution in [0.5, 0.6) is 0 Å². The molecule has 1 aliphatic rings. The number of hydrogen-bond donors (Lipinski definition) is 1. The Hall–Kier alpha value is -1.08. The fraction of sp³-hybridized carbons (Fsp3) is 0.800. The van der Waals surface area contributed by atoms with E-state index < -0.39 is 17.5 Å². The molecule has 14 heavy (non-hydrogen) atoms. The van der Waals surface area contributed by atoms with Gasteiger partial charge in [0.1, 0.15) is 0 Å². The molecule has 2 atom stereocenters. The van der Waals surface area contributed by atoms with Gasteiger partial charge in [-0.05, 0) is 25.7 Å². The van der Waals surface area contributed by atoms with Crippen molar-refractivity contribution >= 4 is 5.97 Å². The van der Waals surface area contributed by atoms with Crippen LogP contribution in [0.2, 0.25) is 0 Å². The zero-order chi connectivity index (χ0) is 10.6. The third-order valence-corrected chi connectivity index (χ3v) is 2.55. The Morgan fingerprint density at radius 3 is 3.07 bits per heavy atom. The van der Waals surface area contributed by atoms with Crippen LogP contribution in [0.1, 0.15) is 32.6 Å². The lowest BCUT2D eigenvalue weighted by Crippen LogP contribution is -2.37. The molecule has 0 spiro atoms. The molecule has 0 radical (unpaired) electrons. The Morgan fingerprint density at radius 1 is 1.79 bits per heavy atom. The Bertz CT molecular complexity index is 259. The molecule has 0 bridgehead atoms. The minimum Gasteiger partial charge on any atom is -0.465 e. The lowest BCUT2D eigenvalue weighted by molar-refractivity contribution is -0.153. The number of nitriles is 1. The minimum atomic E-state index is -1.50. The molecule has 1 rings (SSSR count). The lowest BCUT2D eigenvalue weighted by atomic mass is 9.92. The third kappa shape index (κ3) is 2.05. The molecule has 0 aliphatic heterocycles. The SMILES string of the molecule is CCCOC(=O)[C@@H]1CCC[C@@]1(O)C#N. The molecular formula is C10H15NO3. The highest BCUT2D eigenvalue weighted by Crippen LogP contribution is 2.35. The monoisotopic (exact) mass is 197 g/mol. The van der Waals surface area contributed by atoms with Gasteiger partial charge in [0.15, 0.2) is 5.60 Å². The molecule has 78 valence electrons. The summed E-state index contributed by atoms with van der Waals surface area (Å²) in [7, 11) is 0. The quantitative estimate of drug-likeness (QED) is 0.541. The molecule has 1 fully saturated rings. The topological polar surface area (TPSA) is 70.3 Å². The highest BCUT2D eigenvalue weighted by molar-refractivity contribution is 5.75. The highest BCUT2D eigenvalue weighted by atomic mass is 16.5. The van der Waals surface area contributed by atoms with E-state index in [-0.39, 0.29) is 0 Å². The van der Waals surface area contributed by atoms with Crippen molar-refractivity contribution in [1.29, 1.82) is 5.26 Å². The van der Waals surface area contributed by atoms with Crippen LogP contribution in [0.3, 0.4) is 0 Å². The van der Waals surface area contributed by atoms with E-state index in [0.717, 1.165) is 6.42 Å². The fourth-order valence-electron chi connectivity index (χ4n) is 1.74. The second-order valence-electron chi connectivity index (χ2n) is 3.65. The Kier molecular flexibility index (Phi) is 3.48. The van der Waals surface area contributed by atoms with Gasteiger partial charge >= 0.3 is 5.97 Å². The van der Waals surface area contributed by atoms with Crippen LogP contribution in [0.4, 0.5) is 0 Å². The van der Waals surface area contributed by atoms with Crippen molar-refractivity contribution in [3.05, 3.63) is 0 Å². The average Bonchev–Trinajstić information content (AvgIpc) is 2.57. The summed E-state index contributed by atoms with van der Waals surface area (Å²) in [5.41, 5.74) is -1.50. The van der Waals surface area contributed by atoms with Gasteiger partial charge in [0.2, 0.25) is 0 Å². The molecule has 1 aliphatic carbocycles. The summed E-state index contributed by atoms with van der Waals surface area (Å²) in [6, 6.07) is 1.80. The van der Waals surface area contributed by atoms with Gasteiger partial charge in [-0.3, -0.25) is 4.79 Å². The molecular weight excluding hydrogens is 182 g/mol. The molecule has 1 saturated carbocycles. The van der Waals surface area contributed by atoms with Gasteiger partial charge in [-0.15, -0.1) is 0 Å². The van der Waals surface area contributed by atoms with Crippen molar-refractivity contribution in [3.8, 4) is 6.07 Å². The lowest BCUT2D eigenvalue weighted by Gasteiger charge is -2.20. The number of aliphatic hydroxyl groups is 1. The summed E-state index contributed by atoms with van der Waals surface area (Å²) < 4.78 is 4.92. The predicted molar refractivity (Wildman–Crippen MR) is 49.2 cm³/mol. The fourth-order valence-corrected chi connectivity index (χ4v) is 1.74. The zero-order valence-electron chi connectivity index (χ0n) is 8.32. The second kappa shape index (κ2) is 4.43. The highest BCUT2D eigenvalue weighted by Gasteiger charge is 2.46. The van der Waals surface area contributed by atoms with Crippen LogP contribution < -0.4 is 0 Å². The maximum atomic E-state index is 11.4. The molecule has 0 aromatic carbocycles. The molecule has 0 amide bonds. The van der Waals surface area contributed by atoms with Crippen molar-refractivity contribution in [2.24, 2.45) is 5.92 Å². The summed E-state index contributed by atoms with van der Waals surface area (Å²) in [4.78, 5) is 11.4. The van der Waals surface area contributed by atoms with E-state index in [2.05, 4.69) is 0 Å². The normalized spacial score (nSPS) is 31.1. The first-order valence-electron chi connectivity index (χ1n) is 4.94. The van der Waals surface area contributed by atoms with Crippen molar-refractivity contribution in [2.75, 3.05) is 6.61 Å². The Balaban J connectivity index is 2.59. The van der Waals surface area contributed by atoms with Gasteiger partial charge in [0, 0.05) is 0 Å². The van der Waals surface area contributed by atoms with E-state index in [4.69, 9.17) is 10.00 Å². The maximum absolute atomic E-state index is 11.4. The standard InChI is InChI=1S/C10H15NO3/c1-2-6-14-9(12)8-4-3-5-10(8,13)7-11/h8,13H,2-6H2,1H3/t8-,10+/m0/s1. The van der Waals surface area contributed by atoms with Crippen LogP contribution in [0, 0.1) is 17.2 Å². The Morgan fingerprint density at radius 2 is 2.50 bits per heavy atom. The van der Waals surface area contributed by atoms with E-state index >= 15 is 0 Å². The van der Waals surface area contributed by atoms with E-state index in [1.165, 1.54) is 0 Å². The van der Waals surface area contributed by atoms with Crippen molar-refractivity contribution in [1.82, 2.24) is 0 Å². The van der Waals surface area contributed by atoms with Gasteiger partial charge in [-0.2, -0.15) is 5.26 Å². The van der Waals surface area contributed by atoms with Crippen LogP contribution in [0.15, 0.2) is 0 Å². The van der Waals surface area contributed by atoms with Crippen molar-refractivity contribution in [3.63, 3.8) is 0 Å². The number of rotatable bonds is 3. The van der Waals surface area contributed by atoms with Gasteiger partial charge in [0.25, 0.3) is 0 Å². The molecule has 0 aromatic heterocycles. The first kappa shape index (κ1) is 11.0. The van der Waals surface area contributed by atoms with E-state index in [1.807, 2.05) is 6.92 Å². The molecule has 0 heterocycles.